The van der Waals surface area contributed by atoms with Crippen LogP contribution in [0.3, 0.4) is 0 Å². The Bertz CT molecular complexity index is 698. The van der Waals surface area contributed by atoms with E-state index in [2.05, 4.69) is 34.6 Å². The van der Waals surface area contributed by atoms with Crippen LogP contribution < -0.4 is 0 Å². The minimum Gasteiger partial charge on any atom is -0.381 e. The van der Waals surface area contributed by atoms with Crippen molar-refractivity contribution in [3.8, 4) is 0 Å². The molecule has 0 aromatic rings. The Morgan fingerprint density at radius 3 is 2.43 bits per heavy atom. The summed E-state index contributed by atoms with van der Waals surface area (Å²) in [7, 11) is 0. The van der Waals surface area contributed by atoms with Gasteiger partial charge in [0.2, 0.25) is 0 Å². The first-order valence-electron chi connectivity index (χ1n) is 12.8. The van der Waals surface area contributed by atoms with Gasteiger partial charge in [0.15, 0.2) is 5.78 Å². The lowest BCUT2D eigenvalue weighted by atomic mass is 9.42. The number of hydrogen-bond donors (Lipinski definition) is 1. The first-order chi connectivity index (χ1) is 14.0. The van der Waals surface area contributed by atoms with Gasteiger partial charge in [-0.05, 0) is 73.0 Å². The van der Waals surface area contributed by atoms with E-state index >= 15 is 0 Å². The Morgan fingerprint density at radius 2 is 1.73 bits per heavy atom. The maximum Gasteiger partial charge on any atom is 0.165 e. The lowest BCUT2D eigenvalue weighted by Gasteiger charge is -2.62. The maximum absolute atomic E-state index is 13.3. The van der Waals surface area contributed by atoms with Crippen molar-refractivity contribution >= 4 is 11.6 Å². The molecule has 0 amide bonds. The molecular weight excluding hydrogens is 372 g/mol. The number of ketones is 2. The molecule has 0 aliphatic heterocycles. The Labute approximate surface area is 183 Å². The summed E-state index contributed by atoms with van der Waals surface area (Å²) >= 11 is 0. The van der Waals surface area contributed by atoms with Crippen LogP contribution in [0.4, 0.5) is 0 Å². The molecule has 4 rings (SSSR count). The number of carbonyl (C=O) groups is 2. The van der Waals surface area contributed by atoms with Crippen molar-refractivity contribution in [2.75, 3.05) is 0 Å². The third-order valence-corrected chi connectivity index (χ3v) is 10.7. The van der Waals surface area contributed by atoms with Crippen LogP contribution in [0.15, 0.2) is 0 Å². The fourth-order valence-electron chi connectivity index (χ4n) is 8.86. The molecule has 0 aromatic heterocycles. The molecule has 170 valence electrons. The Hall–Kier alpha value is -0.700. The number of hydrogen-bond acceptors (Lipinski definition) is 3. The smallest absolute Gasteiger partial charge is 0.165 e. The molecule has 3 nitrogen and oxygen atoms in total. The second-order valence-electron chi connectivity index (χ2n) is 12.5. The minimum absolute atomic E-state index is 0.0306. The number of rotatable bonds is 5. The standard InChI is InChI=1S/C27H44O3/c1-17(2)7-6-8-18(3)21-9-10-22-20-15-24(29)27(30)16-19(28)11-14-26(27,5)23(20)12-13-25(21,22)4/h17-18,20-23,30H,6-16H2,1-5H3/t18-,20+,21+,22+,23+,25+,26+,27-/m0/s1. The van der Waals surface area contributed by atoms with Crippen LogP contribution in [0.2, 0.25) is 0 Å². The molecule has 4 aliphatic rings. The topological polar surface area (TPSA) is 54.4 Å². The number of carbonyl (C=O) groups excluding carboxylic acids is 2. The van der Waals surface area contributed by atoms with Crippen LogP contribution >= 0.6 is 0 Å². The van der Waals surface area contributed by atoms with Crippen molar-refractivity contribution in [2.24, 2.45) is 46.3 Å². The normalized spacial score (nSPS) is 47.0. The van der Waals surface area contributed by atoms with Gasteiger partial charge in [0.1, 0.15) is 11.4 Å². The fraction of sp³-hybridized carbons (Fsp3) is 0.926. The van der Waals surface area contributed by atoms with Crippen LogP contribution in [-0.4, -0.2) is 22.3 Å². The van der Waals surface area contributed by atoms with Crippen LogP contribution in [0, 0.1) is 46.3 Å². The van der Waals surface area contributed by atoms with E-state index in [9.17, 15) is 14.7 Å². The van der Waals surface area contributed by atoms with Crippen LogP contribution in [0.5, 0.6) is 0 Å². The van der Waals surface area contributed by atoms with Crippen molar-refractivity contribution < 1.29 is 14.7 Å². The zero-order chi connectivity index (χ0) is 21.9. The summed E-state index contributed by atoms with van der Waals surface area (Å²) in [5.74, 6) is 3.76. The van der Waals surface area contributed by atoms with Crippen molar-refractivity contribution in [1.29, 1.82) is 0 Å². The highest BCUT2D eigenvalue weighted by Crippen LogP contribution is 2.68. The monoisotopic (exact) mass is 416 g/mol. The highest BCUT2D eigenvalue weighted by molar-refractivity contribution is 5.96. The Balaban J connectivity index is 1.54. The van der Waals surface area contributed by atoms with E-state index in [1.54, 1.807) is 0 Å². The molecule has 0 spiro atoms. The molecule has 4 aliphatic carbocycles. The summed E-state index contributed by atoms with van der Waals surface area (Å²) < 4.78 is 0. The van der Waals surface area contributed by atoms with Crippen molar-refractivity contribution in [1.82, 2.24) is 0 Å². The predicted molar refractivity (Wildman–Crippen MR) is 120 cm³/mol. The first-order valence-corrected chi connectivity index (χ1v) is 12.8. The summed E-state index contributed by atoms with van der Waals surface area (Å²) in [5.41, 5.74) is -1.47. The van der Waals surface area contributed by atoms with E-state index in [0.717, 1.165) is 24.2 Å². The molecule has 1 N–H and O–H groups in total. The van der Waals surface area contributed by atoms with Gasteiger partial charge in [0.05, 0.1) is 0 Å². The zero-order valence-electron chi connectivity index (χ0n) is 20.0. The maximum atomic E-state index is 13.3. The average Bonchev–Trinajstić information content (AvgIpc) is 3.01. The molecule has 0 saturated heterocycles. The third kappa shape index (κ3) is 3.24. The van der Waals surface area contributed by atoms with Crippen molar-refractivity contribution in [3.63, 3.8) is 0 Å². The number of fused-ring (bicyclic) bond motifs is 5. The minimum atomic E-state index is -1.40. The molecule has 8 atom stereocenters. The largest absolute Gasteiger partial charge is 0.381 e. The van der Waals surface area contributed by atoms with Gasteiger partial charge < -0.3 is 5.11 Å². The Kier molecular flexibility index (Phi) is 5.78. The highest BCUT2D eigenvalue weighted by atomic mass is 16.3. The third-order valence-electron chi connectivity index (χ3n) is 10.7. The van der Waals surface area contributed by atoms with Gasteiger partial charge in [0.25, 0.3) is 0 Å². The van der Waals surface area contributed by atoms with Gasteiger partial charge in [0, 0.05) is 24.7 Å². The van der Waals surface area contributed by atoms with Gasteiger partial charge >= 0.3 is 0 Å². The van der Waals surface area contributed by atoms with Gasteiger partial charge in [-0.2, -0.15) is 0 Å². The van der Waals surface area contributed by atoms with Crippen LogP contribution in [0.1, 0.15) is 105 Å². The number of aliphatic hydroxyl groups is 1. The molecule has 0 heterocycles. The quantitative estimate of drug-likeness (QED) is 0.600. The van der Waals surface area contributed by atoms with E-state index in [4.69, 9.17) is 0 Å². The van der Waals surface area contributed by atoms with Crippen molar-refractivity contribution in [3.05, 3.63) is 0 Å². The lowest BCUT2D eigenvalue weighted by molar-refractivity contribution is -0.203. The molecular formula is C27H44O3. The highest BCUT2D eigenvalue weighted by Gasteiger charge is 2.67. The second kappa shape index (κ2) is 7.71. The molecule has 0 unspecified atom stereocenters. The first kappa shape index (κ1) is 22.5. The van der Waals surface area contributed by atoms with E-state index in [1.807, 2.05) is 0 Å². The van der Waals surface area contributed by atoms with Gasteiger partial charge in [-0.15, -0.1) is 0 Å². The van der Waals surface area contributed by atoms with E-state index in [1.165, 1.54) is 38.5 Å². The molecule has 4 saturated carbocycles. The van der Waals surface area contributed by atoms with Gasteiger partial charge in [-0.1, -0.05) is 53.9 Å². The summed E-state index contributed by atoms with van der Waals surface area (Å²) in [6.45, 7) is 11.8. The summed E-state index contributed by atoms with van der Waals surface area (Å²) in [5, 5.41) is 11.4. The van der Waals surface area contributed by atoms with E-state index < -0.39 is 11.0 Å². The molecule has 0 bridgehead atoms. The summed E-state index contributed by atoms with van der Waals surface area (Å²) in [6, 6.07) is 0. The van der Waals surface area contributed by atoms with Gasteiger partial charge in [-0.3, -0.25) is 9.59 Å². The second-order valence-corrected chi connectivity index (χ2v) is 12.5. The predicted octanol–water partition coefficient (Wildman–Crippen LogP) is 5.97. The van der Waals surface area contributed by atoms with E-state index in [0.29, 0.717) is 42.4 Å². The molecule has 0 aromatic carbocycles. The molecule has 30 heavy (non-hydrogen) atoms. The molecule has 0 radical (unpaired) electrons. The fourth-order valence-corrected chi connectivity index (χ4v) is 8.86. The molecule has 3 heteroatoms. The van der Waals surface area contributed by atoms with Crippen LogP contribution in [0.25, 0.3) is 0 Å². The number of Topliss-reactive ketones (excluding diaryl/α,β-unsaturated/α-hetero) is 2. The summed E-state index contributed by atoms with van der Waals surface area (Å²) in [6.07, 6.45) is 10.7. The summed E-state index contributed by atoms with van der Waals surface area (Å²) in [4.78, 5) is 25.4. The van der Waals surface area contributed by atoms with Crippen LogP contribution in [-0.2, 0) is 9.59 Å². The lowest BCUT2D eigenvalue weighted by Crippen LogP contribution is -2.66. The average molecular weight is 417 g/mol. The molecule has 4 fully saturated rings. The van der Waals surface area contributed by atoms with E-state index in [-0.39, 0.29) is 18.0 Å². The zero-order valence-corrected chi connectivity index (χ0v) is 20.0. The van der Waals surface area contributed by atoms with Gasteiger partial charge in [-0.25, -0.2) is 0 Å². The Morgan fingerprint density at radius 1 is 1.00 bits per heavy atom. The van der Waals surface area contributed by atoms with Crippen molar-refractivity contribution in [2.45, 2.75) is 111 Å². The SMILES string of the molecule is CC(C)CCC[C@H](C)[C@H]1CC[C@@H]2[C@H]3CC(=O)[C@@]4(O)CC(=O)CC[C@]4(C)[C@@H]3CC[C@@]21C.